The number of hydrogen-bond acceptors (Lipinski definition) is 4. The van der Waals surface area contributed by atoms with Gasteiger partial charge in [-0.05, 0) is 45.4 Å². The van der Waals surface area contributed by atoms with Crippen molar-refractivity contribution in [3.8, 4) is 5.75 Å². The third-order valence-corrected chi connectivity index (χ3v) is 4.01. The van der Waals surface area contributed by atoms with Crippen LogP contribution >= 0.6 is 0 Å². The second-order valence-electron chi connectivity index (χ2n) is 5.53. The quantitative estimate of drug-likeness (QED) is 0.681. The highest BCUT2D eigenvalue weighted by Gasteiger charge is 2.27. The average Bonchev–Trinajstić information content (AvgIpc) is 2.50. The zero-order chi connectivity index (χ0) is 15.9. The van der Waals surface area contributed by atoms with Crippen LogP contribution in [0.5, 0.6) is 5.75 Å². The van der Waals surface area contributed by atoms with Gasteiger partial charge in [0.15, 0.2) is 0 Å². The Hall–Kier alpha value is -1.75. The molecule has 1 unspecified atom stereocenters. The first-order valence-electron chi connectivity index (χ1n) is 7.27. The Morgan fingerprint density at radius 2 is 2.14 bits per heavy atom. The molecule has 118 valence electrons. The predicted molar refractivity (Wildman–Crippen MR) is 86.8 cm³/mol. The van der Waals surface area contributed by atoms with Crippen LogP contribution in [0.1, 0.15) is 26.2 Å². The van der Waals surface area contributed by atoms with Crippen LogP contribution in [0, 0.1) is 0 Å². The lowest BCUT2D eigenvalue weighted by Crippen LogP contribution is -2.51. The van der Waals surface area contributed by atoms with Crippen molar-refractivity contribution in [2.24, 2.45) is 5.73 Å². The summed E-state index contributed by atoms with van der Waals surface area (Å²) in [4.78, 5) is 13.6. The molecule has 0 saturated carbocycles. The van der Waals surface area contributed by atoms with Gasteiger partial charge in [0.1, 0.15) is 5.75 Å². The van der Waals surface area contributed by atoms with E-state index in [0.717, 1.165) is 37.2 Å². The third-order valence-electron chi connectivity index (χ3n) is 4.01. The number of carbonyl (C=O) groups excluding carboxylic acids is 1. The number of amides is 1. The first kappa shape index (κ1) is 17.3. The number of primary amides is 1. The van der Waals surface area contributed by atoms with Gasteiger partial charge in [-0.3, -0.25) is 4.79 Å². The van der Waals surface area contributed by atoms with E-state index in [-0.39, 0.29) is 5.91 Å². The summed E-state index contributed by atoms with van der Waals surface area (Å²) in [5, 5.41) is 3.01. The highest BCUT2D eigenvalue weighted by molar-refractivity contribution is 5.84. The monoisotopic (exact) mass is 293 g/mol. The maximum Gasteiger partial charge on any atom is 0.237 e. The van der Waals surface area contributed by atoms with Gasteiger partial charge in [-0.25, -0.2) is 0 Å². The Morgan fingerprint density at radius 1 is 1.43 bits per heavy atom. The summed E-state index contributed by atoms with van der Waals surface area (Å²) in [6.07, 6.45) is 2.68. The molecular weight excluding hydrogens is 266 g/mol. The van der Waals surface area contributed by atoms with Crippen LogP contribution in [0.4, 0.5) is 5.69 Å². The molecule has 0 fully saturated rings. The maximum atomic E-state index is 11.4. The number of nitrogens with zero attached hydrogens (tertiary/aromatic N) is 1. The van der Waals surface area contributed by atoms with Crippen molar-refractivity contribution >= 4 is 11.6 Å². The highest BCUT2D eigenvalue weighted by Crippen LogP contribution is 2.20. The Bertz CT molecular complexity index is 465. The van der Waals surface area contributed by atoms with Crippen molar-refractivity contribution in [2.45, 2.75) is 31.7 Å². The van der Waals surface area contributed by atoms with Gasteiger partial charge in [-0.15, -0.1) is 0 Å². The number of unbranched alkanes of at least 4 members (excludes halogenated alkanes) is 1. The van der Waals surface area contributed by atoms with Crippen LogP contribution in [0.3, 0.4) is 0 Å². The SMILES string of the molecule is CNC(C)(CCCCN(C)c1cccc(OC)c1)C(N)=O. The predicted octanol–water partition coefficient (Wildman–Crippen LogP) is 1.77. The van der Waals surface area contributed by atoms with Crippen LogP contribution in [0.25, 0.3) is 0 Å². The number of anilines is 1. The molecule has 0 radical (unpaired) electrons. The molecule has 1 aromatic carbocycles. The highest BCUT2D eigenvalue weighted by atomic mass is 16.5. The van der Waals surface area contributed by atoms with Crippen molar-refractivity contribution in [1.29, 1.82) is 0 Å². The van der Waals surface area contributed by atoms with Gasteiger partial charge < -0.3 is 20.7 Å². The van der Waals surface area contributed by atoms with E-state index >= 15 is 0 Å². The zero-order valence-corrected chi connectivity index (χ0v) is 13.5. The molecule has 0 heterocycles. The minimum absolute atomic E-state index is 0.300. The number of rotatable bonds is 9. The van der Waals surface area contributed by atoms with Crippen LogP contribution in [0.2, 0.25) is 0 Å². The van der Waals surface area contributed by atoms with E-state index in [0.29, 0.717) is 0 Å². The topological polar surface area (TPSA) is 67.6 Å². The Labute approximate surface area is 127 Å². The molecule has 3 N–H and O–H groups in total. The van der Waals surface area contributed by atoms with Gasteiger partial charge in [-0.1, -0.05) is 6.07 Å². The Morgan fingerprint density at radius 3 is 2.71 bits per heavy atom. The molecule has 5 heteroatoms. The van der Waals surface area contributed by atoms with E-state index in [1.807, 2.05) is 25.1 Å². The number of ether oxygens (including phenoxy) is 1. The van der Waals surface area contributed by atoms with Crippen LogP contribution in [0.15, 0.2) is 24.3 Å². The first-order chi connectivity index (χ1) is 9.92. The fourth-order valence-corrected chi connectivity index (χ4v) is 2.18. The number of hydrogen-bond donors (Lipinski definition) is 2. The molecule has 0 bridgehead atoms. The van der Waals surface area contributed by atoms with Gasteiger partial charge in [-0.2, -0.15) is 0 Å². The fraction of sp³-hybridized carbons (Fsp3) is 0.562. The normalized spacial score (nSPS) is 13.5. The summed E-state index contributed by atoms with van der Waals surface area (Å²) in [7, 11) is 5.49. The minimum Gasteiger partial charge on any atom is -0.497 e. The molecule has 0 saturated heterocycles. The van der Waals surface area contributed by atoms with Crippen molar-refractivity contribution in [2.75, 3.05) is 32.6 Å². The Kier molecular flexibility index (Phi) is 6.49. The smallest absolute Gasteiger partial charge is 0.237 e. The molecule has 0 aromatic heterocycles. The Balaban J connectivity index is 2.43. The van der Waals surface area contributed by atoms with E-state index in [1.54, 1.807) is 14.2 Å². The molecule has 21 heavy (non-hydrogen) atoms. The molecule has 0 aliphatic rings. The minimum atomic E-state index is -0.617. The fourth-order valence-electron chi connectivity index (χ4n) is 2.18. The van der Waals surface area contributed by atoms with Crippen molar-refractivity contribution in [1.82, 2.24) is 5.32 Å². The molecule has 1 rings (SSSR count). The second kappa shape index (κ2) is 7.88. The van der Waals surface area contributed by atoms with Crippen molar-refractivity contribution < 1.29 is 9.53 Å². The van der Waals surface area contributed by atoms with Gasteiger partial charge in [0, 0.05) is 25.3 Å². The third kappa shape index (κ3) is 4.93. The largest absolute Gasteiger partial charge is 0.497 e. The lowest BCUT2D eigenvalue weighted by molar-refractivity contribution is -0.123. The molecule has 1 amide bonds. The number of nitrogens with one attached hydrogen (secondary N) is 1. The standard InChI is InChI=1S/C16H27N3O2/c1-16(18-2,15(17)20)10-5-6-11-19(3)13-8-7-9-14(12-13)21-4/h7-9,12,18H,5-6,10-11H2,1-4H3,(H2,17,20). The number of likely N-dealkylation sites (N-methyl/N-ethyl adjacent to an activating group) is 1. The average molecular weight is 293 g/mol. The lowest BCUT2D eigenvalue weighted by atomic mass is 9.94. The molecule has 0 spiro atoms. The number of methoxy groups -OCH3 is 1. The van der Waals surface area contributed by atoms with Crippen LogP contribution in [-0.4, -0.2) is 39.2 Å². The molecule has 1 atom stereocenters. The van der Waals surface area contributed by atoms with E-state index in [2.05, 4.69) is 23.3 Å². The van der Waals surface area contributed by atoms with E-state index < -0.39 is 5.54 Å². The van der Waals surface area contributed by atoms with E-state index in [9.17, 15) is 4.79 Å². The second-order valence-corrected chi connectivity index (χ2v) is 5.53. The van der Waals surface area contributed by atoms with E-state index in [1.165, 1.54) is 0 Å². The van der Waals surface area contributed by atoms with Gasteiger partial charge >= 0.3 is 0 Å². The summed E-state index contributed by atoms with van der Waals surface area (Å²) in [5.41, 5.74) is 5.93. The number of benzene rings is 1. The summed E-state index contributed by atoms with van der Waals surface area (Å²) in [5.74, 6) is 0.557. The van der Waals surface area contributed by atoms with Crippen LogP contribution in [-0.2, 0) is 4.79 Å². The van der Waals surface area contributed by atoms with Gasteiger partial charge in [0.2, 0.25) is 5.91 Å². The zero-order valence-electron chi connectivity index (χ0n) is 13.5. The maximum absolute atomic E-state index is 11.4. The molecule has 5 nitrogen and oxygen atoms in total. The number of nitrogens with two attached hydrogens (primary N) is 1. The molecule has 1 aromatic rings. The number of carbonyl (C=O) groups is 1. The summed E-state index contributed by atoms with van der Waals surface area (Å²) < 4.78 is 5.23. The lowest BCUT2D eigenvalue weighted by Gasteiger charge is -2.26. The van der Waals surface area contributed by atoms with E-state index in [4.69, 9.17) is 10.5 Å². The first-order valence-corrected chi connectivity index (χ1v) is 7.27. The summed E-state index contributed by atoms with van der Waals surface area (Å²) in [6, 6.07) is 7.99. The summed E-state index contributed by atoms with van der Waals surface area (Å²) in [6.45, 7) is 2.77. The molecule has 0 aliphatic carbocycles. The van der Waals surface area contributed by atoms with Crippen molar-refractivity contribution in [3.63, 3.8) is 0 Å². The van der Waals surface area contributed by atoms with Gasteiger partial charge in [0.05, 0.1) is 12.6 Å². The molecule has 0 aliphatic heterocycles. The molecular formula is C16H27N3O2. The van der Waals surface area contributed by atoms with Gasteiger partial charge in [0.25, 0.3) is 0 Å². The van der Waals surface area contributed by atoms with Crippen LogP contribution < -0.4 is 20.7 Å². The summed E-state index contributed by atoms with van der Waals surface area (Å²) >= 11 is 0. The van der Waals surface area contributed by atoms with Crippen molar-refractivity contribution in [3.05, 3.63) is 24.3 Å².